The number of rotatable bonds is 7. The third-order valence-corrected chi connectivity index (χ3v) is 7.83. The number of benzene rings is 3. The Kier molecular flexibility index (Phi) is 7.56. The van der Waals surface area contributed by atoms with Gasteiger partial charge in [-0.3, -0.25) is 4.90 Å². The summed E-state index contributed by atoms with van der Waals surface area (Å²) in [4.78, 5) is 2.39. The van der Waals surface area contributed by atoms with E-state index in [1.807, 2.05) is 36.4 Å². The van der Waals surface area contributed by atoms with Crippen LogP contribution in [0.3, 0.4) is 0 Å². The molecular weight excluding hydrogens is 504 g/mol. The summed E-state index contributed by atoms with van der Waals surface area (Å²) in [7, 11) is 0. The van der Waals surface area contributed by atoms with Gasteiger partial charge in [-0.15, -0.1) is 0 Å². The first-order valence-corrected chi connectivity index (χ1v) is 12.8. The lowest BCUT2D eigenvalue weighted by Gasteiger charge is -2.53. The van der Waals surface area contributed by atoms with Gasteiger partial charge in [0.1, 0.15) is 0 Å². The molecule has 0 aliphatic carbocycles. The Morgan fingerprint density at radius 3 is 1.84 bits per heavy atom. The smallest absolute Gasteiger partial charge is 0.372 e. The molecule has 3 saturated heterocycles. The third-order valence-electron chi connectivity index (χ3n) is 7.83. The van der Waals surface area contributed by atoms with Crippen LogP contribution >= 0.6 is 0 Å². The maximum Gasteiger partial charge on any atom is 0.416 e. The Bertz CT molecular complexity index is 1170. The van der Waals surface area contributed by atoms with Gasteiger partial charge in [-0.05, 0) is 73.2 Å². The molecule has 202 valence electrons. The molecule has 0 N–H and O–H groups in total. The molecule has 3 heterocycles. The quantitative estimate of drug-likeness (QED) is 0.288. The van der Waals surface area contributed by atoms with E-state index in [4.69, 9.17) is 4.74 Å². The maximum atomic E-state index is 13.4. The van der Waals surface area contributed by atoms with Crippen LogP contribution in [0.1, 0.15) is 46.6 Å². The number of ether oxygens (including phenoxy) is 1. The molecule has 0 unspecified atom stereocenters. The van der Waals surface area contributed by atoms with Gasteiger partial charge in [-0.25, -0.2) is 0 Å². The molecule has 8 heteroatoms. The fourth-order valence-corrected chi connectivity index (χ4v) is 6.05. The van der Waals surface area contributed by atoms with Gasteiger partial charge in [0, 0.05) is 12.0 Å². The maximum absolute atomic E-state index is 13.4. The fourth-order valence-electron chi connectivity index (χ4n) is 6.05. The summed E-state index contributed by atoms with van der Waals surface area (Å²) >= 11 is 0. The van der Waals surface area contributed by atoms with Crippen molar-refractivity contribution in [2.45, 2.75) is 56.3 Å². The van der Waals surface area contributed by atoms with Crippen molar-refractivity contribution in [2.75, 3.05) is 13.1 Å². The minimum atomic E-state index is -4.89. The van der Waals surface area contributed by atoms with Crippen molar-refractivity contribution in [1.29, 1.82) is 0 Å². The molecule has 2 nitrogen and oxygen atoms in total. The first kappa shape index (κ1) is 26.8. The fraction of sp³-hybridized carbons (Fsp3) is 0.400. The van der Waals surface area contributed by atoms with Gasteiger partial charge in [0.15, 0.2) is 0 Å². The molecule has 38 heavy (non-hydrogen) atoms. The van der Waals surface area contributed by atoms with Crippen LogP contribution < -0.4 is 0 Å². The number of alkyl halides is 6. The Labute approximate surface area is 218 Å². The van der Waals surface area contributed by atoms with E-state index in [9.17, 15) is 26.3 Å². The molecular formula is C30H29F6NO. The normalized spacial score (nSPS) is 24.4. The van der Waals surface area contributed by atoms with Gasteiger partial charge in [-0.1, -0.05) is 60.7 Å². The number of nitrogens with zero attached hydrogens (tertiary/aromatic N) is 1. The van der Waals surface area contributed by atoms with Crippen molar-refractivity contribution in [3.05, 3.63) is 107 Å². The summed E-state index contributed by atoms with van der Waals surface area (Å²) in [6.45, 7) is 1.48. The van der Waals surface area contributed by atoms with E-state index >= 15 is 0 Å². The Balaban J connectivity index is 1.46. The van der Waals surface area contributed by atoms with Gasteiger partial charge in [-0.2, -0.15) is 26.3 Å². The van der Waals surface area contributed by atoms with E-state index in [1.165, 1.54) is 0 Å². The molecule has 0 amide bonds. The van der Waals surface area contributed by atoms with E-state index in [0.29, 0.717) is 0 Å². The molecule has 3 aromatic rings. The summed E-state index contributed by atoms with van der Waals surface area (Å²) in [5, 5.41) is 0. The average molecular weight is 534 g/mol. The standard InChI is InChI=1S/C30H29F6NO/c31-29(32,33)24-15-21(16-25(18-24)30(34,35)36)19-38-28-23-11-13-37(14-12-23)27(28)26(22-9-5-2-6-10-22)17-20-7-3-1-4-8-20/h1-10,15-16,18,23,26-28H,11-14,17,19H2/t26-,27+,28-/m0/s1. The zero-order valence-electron chi connectivity index (χ0n) is 20.7. The molecule has 0 saturated carbocycles. The number of hydrogen-bond donors (Lipinski definition) is 0. The van der Waals surface area contributed by atoms with Crippen molar-refractivity contribution < 1.29 is 31.1 Å². The molecule has 3 aromatic carbocycles. The molecule has 3 atom stereocenters. The summed E-state index contributed by atoms with van der Waals surface area (Å²) < 4.78 is 86.7. The second kappa shape index (κ2) is 10.7. The van der Waals surface area contributed by atoms with Crippen molar-refractivity contribution in [1.82, 2.24) is 4.90 Å². The van der Waals surface area contributed by atoms with Crippen LogP contribution in [0.15, 0.2) is 78.9 Å². The van der Waals surface area contributed by atoms with E-state index in [2.05, 4.69) is 29.2 Å². The number of fused-ring (bicyclic) bond motifs is 3. The van der Waals surface area contributed by atoms with Crippen LogP contribution in [0.4, 0.5) is 26.3 Å². The highest BCUT2D eigenvalue weighted by Crippen LogP contribution is 2.43. The summed E-state index contributed by atoms with van der Waals surface area (Å²) in [6, 6.07) is 21.8. The third kappa shape index (κ3) is 5.91. The second-order valence-electron chi connectivity index (χ2n) is 10.3. The number of halogens is 6. The zero-order chi connectivity index (χ0) is 26.9. The van der Waals surface area contributed by atoms with Crippen molar-refractivity contribution in [2.24, 2.45) is 5.92 Å². The van der Waals surface area contributed by atoms with E-state index in [1.54, 1.807) is 0 Å². The van der Waals surface area contributed by atoms with Crippen LogP contribution in [-0.2, 0) is 30.1 Å². The molecule has 6 rings (SSSR count). The second-order valence-corrected chi connectivity index (χ2v) is 10.3. The van der Waals surface area contributed by atoms with Crippen molar-refractivity contribution >= 4 is 0 Å². The highest BCUT2D eigenvalue weighted by molar-refractivity contribution is 5.33. The highest BCUT2D eigenvalue weighted by atomic mass is 19.4. The molecule has 0 spiro atoms. The first-order valence-electron chi connectivity index (χ1n) is 12.8. The van der Waals surface area contributed by atoms with Gasteiger partial charge in [0.05, 0.1) is 23.8 Å². The van der Waals surface area contributed by atoms with E-state index < -0.39 is 23.5 Å². The molecule has 3 aliphatic heterocycles. The van der Waals surface area contributed by atoms with Gasteiger partial charge >= 0.3 is 12.4 Å². The van der Waals surface area contributed by atoms with Crippen LogP contribution in [0.2, 0.25) is 0 Å². The van der Waals surface area contributed by atoms with Crippen LogP contribution in [-0.4, -0.2) is 30.1 Å². The Hall–Kier alpha value is -2.84. The molecule has 3 fully saturated rings. The summed E-state index contributed by atoms with van der Waals surface area (Å²) in [5.74, 6) is 0.249. The Morgan fingerprint density at radius 2 is 1.29 bits per heavy atom. The summed E-state index contributed by atoms with van der Waals surface area (Å²) in [5.41, 5.74) is -0.455. The van der Waals surface area contributed by atoms with Gasteiger partial charge in [0.25, 0.3) is 0 Å². The lowest BCUT2D eigenvalue weighted by atomic mass is 9.72. The minimum absolute atomic E-state index is 0.0435. The van der Waals surface area contributed by atoms with Gasteiger partial charge < -0.3 is 4.74 Å². The highest BCUT2D eigenvalue weighted by Gasteiger charge is 2.47. The monoisotopic (exact) mass is 533 g/mol. The van der Waals surface area contributed by atoms with E-state index in [0.717, 1.165) is 55.6 Å². The van der Waals surface area contributed by atoms with Crippen molar-refractivity contribution in [3.8, 4) is 0 Å². The molecule has 3 aliphatic rings. The summed E-state index contributed by atoms with van der Waals surface area (Å²) in [6.07, 6.45) is -7.55. The molecule has 0 aromatic heterocycles. The SMILES string of the molecule is FC(F)(F)c1cc(CO[C@H]2C3CCN(CC3)[C@@H]2[C@@H](Cc2ccccc2)c2ccccc2)cc(C(F)(F)F)c1. The Morgan fingerprint density at radius 1 is 0.737 bits per heavy atom. The first-order chi connectivity index (χ1) is 18.1. The largest absolute Gasteiger partial charge is 0.416 e. The predicted molar refractivity (Wildman–Crippen MR) is 132 cm³/mol. The topological polar surface area (TPSA) is 12.5 Å². The number of piperidine rings is 3. The van der Waals surface area contributed by atoms with Crippen molar-refractivity contribution in [3.63, 3.8) is 0 Å². The molecule has 0 radical (unpaired) electrons. The van der Waals surface area contributed by atoms with Crippen LogP contribution in [0, 0.1) is 5.92 Å². The lowest BCUT2D eigenvalue weighted by molar-refractivity contribution is -0.143. The van der Waals surface area contributed by atoms with Crippen LogP contribution in [0.5, 0.6) is 0 Å². The molecule has 2 bridgehead atoms. The zero-order valence-corrected chi connectivity index (χ0v) is 20.7. The van der Waals surface area contributed by atoms with Gasteiger partial charge in [0.2, 0.25) is 0 Å². The minimum Gasteiger partial charge on any atom is -0.372 e. The predicted octanol–water partition coefficient (Wildman–Crippen LogP) is 7.73. The van der Waals surface area contributed by atoms with E-state index in [-0.39, 0.29) is 42.2 Å². The average Bonchev–Trinajstić information content (AvgIpc) is 2.91. The number of hydrogen-bond acceptors (Lipinski definition) is 2. The van der Waals surface area contributed by atoms with Crippen LogP contribution in [0.25, 0.3) is 0 Å². The lowest BCUT2D eigenvalue weighted by Crippen LogP contribution is -2.61.